The summed E-state index contributed by atoms with van der Waals surface area (Å²) < 4.78 is 13.1. The predicted octanol–water partition coefficient (Wildman–Crippen LogP) is 3.86. The summed E-state index contributed by atoms with van der Waals surface area (Å²) in [6, 6.07) is 6.30. The SMILES string of the molecule is CC(C)(C)c1nc(C(O)Cc2cccc(F)c2)cs1. The minimum atomic E-state index is -0.686. The molecule has 1 unspecified atom stereocenters. The fourth-order valence-electron chi connectivity index (χ4n) is 1.78. The summed E-state index contributed by atoms with van der Waals surface area (Å²) in [5, 5.41) is 13.0. The molecule has 1 aromatic carbocycles. The largest absolute Gasteiger partial charge is 0.386 e. The fraction of sp³-hybridized carbons (Fsp3) is 0.400. The van der Waals surface area contributed by atoms with Crippen LogP contribution in [0.2, 0.25) is 0 Å². The molecule has 2 aromatic rings. The van der Waals surface area contributed by atoms with Crippen molar-refractivity contribution in [1.82, 2.24) is 4.98 Å². The lowest BCUT2D eigenvalue weighted by atomic mass is 9.98. The van der Waals surface area contributed by atoms with E-state index in [1.165, 1.54) is 12.1 Å². The first-order valence-electron chi connectivity index (χ1n) is 6.24. The third kappa shape index (κ3) is 3.61. The quantitative estimate of drug-likeness (QED) is 0.925. The second-order valence-electron chi connectivity index (χ2n) is 5.68. The van der Waals surface area contributed by atoms with Crippen molar-refractivity contribution >= 4 is 11.3 Å². The standard InChI is InChI=1S/C15H18FNOS/c1-15(2,3)14-17-12(9-19-14)13(18)8-10-5-4-6-11(16)7-10/h4-7,9,13,18H,8H2,1-3H3. The molecule has 0 aliphatic heterocycles. The van der Waals surface area contributed by atoms with Crippen LogP contribution in [0.1, 0.15) is 43.1 Å². The summed E-state index contributed by atoms with van der Waals surface area (Å²) in [7, 11) is 0. The molecular weight excluding hydrogens is 261 g/mol. The maximum Gasteiger partial charge on any atom is 0.123 e. The van der Waals surface area contributed by atoms with Crippen LogP contribution in [0, 0.1) is 5.82 Å². The number of aromatic nitrogens is 1. The maximum atomic E-state index is 13.1. The second-order valence-corrected chi connectivity index (χ2v) is 6.54. The van der Waals surface area contributed by atoms with E-state index in [0.29, 0.717) is 12.1 Å². The Morgan fingerprint density at radius 1 is 1.37 bits per heavy atom. The van der Waals surface area contributed by atoms with Crippen molar-refractivity contribution in [2.45, 2.75) is 38.7 Å². The van der Waals surface area contributed by atoms with E-state index in [4.69, 9.17) is 0 Å². The highest BCUT2D eigenvalue weighted by atomic mass is 32.1. The minimum absolute atomic E-state index is 0.0124. The maximum absolute atomic E-state index is 13.1. The normalized spacial score (nSPS) is 13.5. The first-order chi connectivity index (χ1) is 8.86. The molecule has 19 heavy (non-hydrogen) atoms. The number of nitrogens with zero attached hydrogens (tertiary/aromatic N) is 1. The van der Waals surface area contributed by atoms with Crippen LogP contribution in [-0.4, -0.2) is 10.1 Å². The number of rotatable bonds is 3. The van der Waals surface area contributed by atoms with E-state index >= 15 is 0 Å². The van der Waals surface area contributed by atoms with Gasteiger partial charge in [-0.05, 0) is 17.7 Å². The van der Waals surface area contributed by atoms with Gasteiger partial charge in [-0.1, -0.05) is 32.9 Å². The van der Waals surface area contributed by atoms with Crippen molar-refractivity contribution in [2.24, 2.45) is 0 Å². The highest BCUT2D eigenvalue weighted by Crippen LogP contribution is 2.28. The van der Waals surface area contributed by atoms with E-state index in [1.54, 1.807) is 17.4 Å². The third-order valence-electron chi connectivity index (χ3n) is 2.82. The molecule has 0 bridgehead atoms. The number of benzene rings is 1. The highest BCUT2D eigenvalue weighted by Gasteiger charge is 2.20. The lowest BCUT2D eigenvalue weighted by Crippen LogP contribution is -2.11. The highest BCUT2D eigenvalue weighted by molar-refractivity contribution is 7.09. The Hall–Kier alpha value is -1.26. The van der Waals surface area contributed by atoms with E-state index in [9.17, 15) is 9.50 Å². The van der Waals surface area contributed by atoms with Crippen LogP contribution in [0.4, 0.5) is 4.39 Å². The molecule has 0 saturated carbocycles. The van der Waals surface area contributed by atoms with Gasteiger partial charge < -0.3 is 5.11 Å². The van der Waals surface area contributed by atoms with Gasteiger partial charge in [-0.3, -0.25) is 0 Å². The number of hydrogen-bond donors (Lipinski definition) is 1. The molecule has 0 amide bonds. The van der Waals surface area contributed by atoms with E-state index in [-0.39, 0.29) is 11.2 Å². The first kappa shape index (κ1) is 14.2. The van der Waals surface area contributed by atoms with Crippen molar-refractivity contribution in [3.8, 4) is 0 Å². The van der Waals surface area contributed by atoms with Crippen LogP contribution in [0.3, 0.4) is 0 Å². The fourth-order valence-corrected chi connectivity index (χ4v) is 2.73. The molecule has 102 valence electrons. The zero-order chi connectivity index (χ0) is 14.0. The van der Waals surface area contributed by atoms with Crippen molar-refractivity contribution in [2.75, 3.05) is 0 Å². The van der Waals surface area contributed by atoms with Crippen molar-refractivity contribution < 1.29 is 9.50 Å². The summed E-state index contributed by atoms with van der Waals surface area (Å²) >= 11 is 1.55. The van der Waals surface area contributed by atoms with Gasteiger partial charge in [-0.15, -0.1) is 11.3 Å². The topological polar surface area (TPSA) is 33.1 Å². The number of thiazole rings is 1. The third-order valence-corrected chi connectivity index (χ3v) is 4.11. The molecule has 0 aliphatic carbocycles. The monoisotopic (exact) mass is 279 g/mol. The van der Waals surface area contributed by atoms with Crippen LogP contribution in [0.15, 0.2) is 29.6 Å². The van der Waals surface area contributed by atoms with Gasteiger partial charge in [0.05, 0.1) is 10.7 Å². The number of halogens is 1. The zero-order valence-electron chi connectivity index (χ0n) is 11.4. The average Bonchev–Trinajstić information content (AvgIpc) is 2.77. The van der Waals surface area contributed by atoms with Crippen molar-refractivity contribution in [3.63, 3.8) is 0 Å². The van der Waals surface area contributed by atoms with Gasteiger partial charge in [0.2, 0.25) is 0 Å². The van der Waals surface area contributed by atoms with Crippen LogP contribution in [-0.2, 0) is 11.8 Å². The Morgan fingerprint density at radius 2 is 2.11 bits per heavy atom. The van der Waals surface area contributed by atoms with Crippen LogP contribution >= 0.6 is 11.3 Å². The summed E-state index contributed by atoms with van der Waals surface area (Å²) in [5.41, 5.74) is 1.43. The van der Waals surface area contributed by atoms with Gasteiger partial charge in [-0.2, -0.15) is 0 Å². The summed E-state index contributed by atoms with van der Waals surface area (Å²) in [6.07, 6.45) is -0.306. The van der Waals surface area contributed by atoms with E-state index in [2.05, 4.69) is 25.8 Å². The predicted molar refractivity (Wildman–Crippen MR) is 75.9 cm³/mol. The smallest absolute Gasteiger partial charge is 0.123 e. The minimum Gasteiger partial charge on any atom is -0.386 e. The van der Waals surface area contributed by atoms with Gasteiger partial charge in [0.25, 0.3) is 0 Å². The molecular formula is C15H18FNOS. The molecule has 0 spiro atoms. The molecule has 0 fully saturated rings. The molecule has 4 heteroatoms. The van der Waals surface area contributed by atoms with Gasteiger partial charge in [0.1, 0.15) is 11.9 Å². The van der Waals surface area contributed by atoms with E-state index < -0.39 is 6.10 Å². The average molecular weight is 279 g/mol. The van der Waals surface area contributed by atoms with Gasteiger partial charge in [0, 0.05) is 17.2 Å². The van der Waals surface area contributed by atoms with Gasteiger partial charge in [-0.25, -0.2) is 9.37 Å². The van der Waals surface area contributed by atoms with Crippen LogP contribution in [0.25, 0.3) is 0 Å². The summed E-state index contributed by atoms with van der Waals surface area (Å²) in [4.78, 5) is 4.47. The molecule has 1 aromatic heterocycles. The Labute approximate surface area is 116 Å². The molecule has 2 nitrogen and oxygen atoms in total. The Balaban J connectivity index is 2.12. The lowest BCUT2D eigenvalue weighted by molar-refractivity contribution is 0.174. The molecule has 1 atom stereocenters. The number of hydrogen-bond acceptors (Lipinski definition) is 3. The number of aliphatic hydroxyl groups excluding tert-OH is 1. The summed E-state index contributed by atoms with van der Waals surface area (Å²) in [6.45, 7) is 6.28. The summed E-state index contributed by atoms with van der Waals surface area (Å²) in [5.74, 6) is -0.279. The molecule has 0 aliphatic rings. The van der Waals surface area contributed by atoms with Crippen LogP contribution < -0.4 is 0 Å². The van der Waals surface area contributed by atoms with Gasteiger partial charge >= 0.3 is 0 Å². The first-order valence-corrected chi connectivity index (χ1v) is 7.12. The second kappa shape index (κ2) is 5.39. The molecule has 0 saturated heterocycles. The number of aliphatic hydroxyl groups is 1. The van der Waals surface area contributed by atoms with Gasteiger partial charge in [0.15, 0.2) is 0 Å². The van der Waals surface area contributed by atoms with Crippen LogP contribution in [0.5, 0.6) is 0 Å². The molecule has 1 N–H and O–H groups in total. The molecule has 2 rings (SSSR count). The Kier molecular flexibility index (Phi) is 4.02. The van der Waals surface area contributed by atoms with E-state index in [1.807, 2.05) is 11.4 Å². The van der Waals surface area contributed by atoms with Crippen molar-refractivity contribution in [1.29, 1.82) is 0 Å². The Morgan fingerprint density at radius 3 is 2.68 bits per heavy atom. The van der Waals surface area contributed by atoms with E-state index in [0.717, 1.165) is 10.6 Å². The van der Waals surface area contributed by atoms with Crippen molar-refractivity contribution in [3.05, 3.63) is 51.7 Å². The molecule has 0 radical (unpaired) electrons. The molecule has 1 heterocycles. The Bertz CT molecular complexity index is 559. The lowest BCUT2D eigenvalue weighted by Gasteiger charge is -2.14. The zero-order valence-corrected chi connectivity index (χ0v) is 12.2.